The van der Waals surface area contributed by atoms with Crippen molar-refractivity contribution in [2.24, 2.45) is 0 Å². The Morgan fingerprint density at radius 2 is 1.86 bits per heavy atom. The van der Waals surface area contributed by atoms with Crippen molar-refractivity contribution < 1.29 is 19.4 Å². The molecule has 6 heteroatoms. The number of hydrogen-bond acceptors (Lipinski definition) is 5. The van der Waals surface area contributed by atoms with Crippen LogP contribution >= 0.6 is 0 Å². The largest absolute Gasteiger partial charge is 0.493 e. The number of carbonyl (C=O) groups is 1. The summed E-state index contributed by atoms with van der Waals surface area (Å²) in [6.07, 6.45) is 1.23. The zero-order chi connectivity index (χ0) is 20.9. The first-order chi connectivity index (χ1) is 14.0. The second-order valence-corrected chi connectivity index (χ2v) is 7.67. The number of nitrogens with zero attached hydrogens (tertiary/aromatic N) is 2. The number of carbonyl (C=O) groups excluding carboxylic acids is 1. The van der Waals surface area contributed by atoms with E-state index in [2.05, 4.69) is 0 Å². The molecule has 1 amide bonds. The van der Waals surface area contributed by atoms with Crippen LogP contribution in [0, 0.1) is 0 Å². The number of rotatable bonds is 8. The van der Waals surface area contributed by atoms with Crippen molar-refractivity contribution in [3.05, 3.63) is 59.7 Å². The lowest BCUT2D eigenvalue weighted by molar-refractivity contribution is -0.160. The topological polar surface area (TPSA) is 62.2 Å². The van der Waals surface area contributed by atoms with E-state index < -0.39 is 5.60 Å². The van der Waals surface area contributed by atoms with Gasteiger partial charge in [-0.25, -0.2) is 0 Å². The monoisotopic (exact) mass is 398 g/mol. The molecule has 0 aromatic heterocycles. The molecule has 0 radical (unpaired) electrons. The van der Waals surface area contributed by atoms with E-state index in [1.807, 2.05) is 60.5 Å². The Morgan fingerprint density at radius 1 is 1.10 bits per heavy atom. The molecular formula is C23H30N2O4. The molecule has 1 aliphatic heterocycles. The maximum Gasteiger partial charge on any atom is 0.256 e. The Hall–Kier alpha value is -2.57. The summed E-state index contributed by atoms with van der Waals surface area (Å²) in [5, 5.41) is 11.2. The Balaban J connectivity index is 1.71. The van der Waals surface area contributed by atoms with Gasteiger partial charge in [-0.1, -0.05) is 42.5 Å². The number of likely N-dealkylation sites (N-methyl/N-ethyl adjacent to an activating group) is 1. The molecule has 0 bridgehead atoms. The van der Waals surface area contributed by atoms with Gasteiger partial charge < -0.3 is 19.5 Å². The summed E-state index contributed by atoms with van der Waals surface area (Å²) in [5.41, 5.74) is 0.635. The third kappa shape index (κ3) is 4.89. The van der Waals surface area contributed by atoms with Gasteiger partial charge in [-0.05, 0) is 31.5 Å². The van der Waals surface area contributed by atoms with Gasteiger partial charge in [0, 0.05) is 31.7 Å². The number of ether oxygens (including phenoxy) is 2. The molecule has 3 rings (SSSR count). The molecule has 2 aromatic rings. The van der Waals surface area contributed by atoms with Crippen LogP contribution in [0.4, 0.5) is 0 Å². The fourth-order valence-electron chi connectivity index (χ4n) is 4.04. The van der Waals surface area contributed by atoms with Crippen LogP contribution in [0.1, 0.15) is 24.0 Å². The molecule has 1 heterocycles. The van der Waals surface area contributed by atoms with Gasteiger partial charge in [-0.2, -0.15) is 0 Å². The Bertz CT molecular complexity index is 827. The highest BCUT2D eigenvalue weighted by atomic mass is 16.5. The SMILES string of the molecule is COc1cccc(CN2CCC[C@](O)(CN(C)Cc3ccccc3)C2=O)c1OC. The Morgan fingerprint density at radius 3 is 2.55 bits per heavy atom. The zero-order valence-corrected chi connectivity index (χ0v) is 17.4. The number of benzene rings is 2. The molecule has 2 aromatic carbocycles. The van der Waals surface area contributed by atoms with Gasteiger partial charge >= 0.3 is 0 Å². The highest BCUT2D eigenvalue weighted by Gasteiger charge is 2.43. The van der Waals surface area contributed by atoms with E-state index in [1.165, 1.54) is 0 Å². The summed E-state index contributed by atoms with van der Waals surface area (Å²) >= 11 is 0. The standard InChI is InChI=1S/C23H30N2O4/c1-24(15-18-9-5-4-6-10-18)17-23(27)13-8-14-25(22(23)26)16-19-11-7-12-20(28-2)21(19)29-3/h4-7,9-12,27H,8,13-17H2,1-3H3/t23-/m0/s1. The van der Waals surface area contributed by atoms with Gasteiger partial charge in [0.25, 0.3) is 5.91 Å². The lowest BCUT2D eigenvalue weighted by atomic mass is 9.90. The van der Waals surface area contributed by atoms with Gasteiger partial charge in [0.15, 0.2) is 17.1 Å². The Labute approximate surface area is 172 Å². The average molecular weight is 399 g/mol. The molecule has 1 aliphatic rings. The van der Waals surface area contributed by atoms with E-state index in [4.69, 9.17) is 9.47 Å². The van der Waals surface area contributed by atoms with E-state index in [9.17, 15) is 9.90 Å². The number of piperidine rings is 1. The lowest BCUT2D eigenvalue weighted by Gasteiger charge is -2.40. The number of amides is 1. The van der Waals surface area contributed by atoms with E-state index in [1.54, 1.807) is 19.1 Å². The van der Waals surface area contributed by atoms with Crippen molar-refractivity contribution in [2.75, 3.05) is 34.4 Å². The minimum Gasteiger partial charge on any atom is -0.493 e. The molecule has 0 saturated carbocycles. The molecule has 1 fully saturated rings. The van der Waals surface area contributed by atoms with Crippen LogP contribution in [0.15, 0.2) is 48.5 Å². The number of para-hydroxylation sites is 1. The van der Waals surface area contributed by atoms with Crippen LogP contribution in [0.2, 0.25) is 0 Å². The normalized spacial score (nSPS) is 19.5. The summed E-state index contributed by atoms with van der Waals surface area (Å²) in [6.45, 7) is 1.97. The fraction of sp³-hybridized carbons (Fsp3) is 0.435. The predicted molar refractivity (Wildman–Crippen MR) is 112 cm³/mol. The summed E-state index contributed by atoms with van der Waals surface area (Å²) in [6, 6.07) is 15.7. The third-order valence-electron chi connectivity index (χ3n) is 5.38. The molecule has 1 N–H and O–H groups in total. The highest BCUT2D eigenvalue weighted by molar-refractivity contribution is 5.86. The van der Waals surface area contributed by atoms with E-state index >= 15 is 0 Å². The van der Waals surface area contributed by atoms with Gasteiger partial charge in [-0.3, -0.25) is 9.69 Å². The predicted octanol–water partition coefficient (Wildman–Crippen LogP) is 2.69. The molecule has 1 atom stereocenters. The summed E-state index contributed by atoms with van der Waals surface area (Å²) in [7, 11) is 5.12. The molecule has 29 heavy (non-hydrogen) atoms. The van der Waals surface area contributed by atoms with Gasteiger partial charge in [0.05, 0.1) is 14.2 Å². The van der Waals surface area contributed by atoms with E-state index in [0.29, 0.717) is 44.1 Å². The minimum absolute atomic E-state index is 0.228. The maximum absolute atomic E-state index is 13.2. The number of methoxy groups -OCH3 is 2. The molecule has 0 aliphatic carbocycles. The number of hydrogen-bond donors (Lipinski definition) is 1. The second kappa shape index (κ2) is 9.29. The molecule has 0 unspecified atom stereocenters. The molecule has 0 spiro atoms. The van der Waals surface area contributed by atoms with Crippen molar-refractivity contribution in [2.45, 2.75) is 31.5 Å². The number of aliphatic hydroxyl groups is 1. The van der Waals surface area contributed by atoms with Gasteiger partial charge in [0.1, 0.15) is 0 Å². The van der Waals surface area contributed by atoms with Crippen LogP contribution in [0.25, 0.3) is 0 Å². The summed E-state index contributed by atoms with van der Waals surface area (Å²) in [5.74, 6) is 1.03. The molecule has 156 valence electrons. The van der Waals surface area contributed by atoms with Crippen molar-refractivity contribution in [1.29, 1.82) is 0 Å². The smallest absolute Gasteiger partial charge is 0.256 e. The first-order valence-corrected chi connectivity index (χ1v) is 9.91. The maximum atomic E-state index is 13.2. The fourth-order valence-corrected chi connectivity index (χ4v) is 4.04. The summed E-state index contributed by atoms with van der Waals surface area (Å²) < 4.78 is 10.9. The van der Waals surface area contributed by atoms with Crippen molar-refractivity contribution in [3.63, 3.8) is 0 Å². The van der Waals surface area contributed by atoms with Crippen molar-refractivity contribution >= 4 is 5.91 Å². The van der Waals surface area contributed by atoms with E-state index in [-0.39, 0.29) is 5.91 Å². The molecule has 1 saturated heterocycles. The zero-order valence-electron chi connectivity index (χ0n) is 17.4. The van der Waals surface area contributed by atoms with Gasteiger partial charge in [-0.15, -0.1) is 0 Å². The van der Waals surface area contributed by atoms with Crippen molar-refractivity contribution in [1.82, 2.24) is 9.80 Å². The first-order valence-electron chi connectivity index (χ1n) is 9.91. The van der Waals surface area contributed by atoms with Crippen LogP contribution in [-0.2, 0) is 17.9 Å². The van der Waals surface area contributed by atoms with Crippen LogP contribution in [-0.4, -0.2) is 60.8 Å². The van der Waals surface area contributed by atoms with Crippen LogP contribution in [0.3, 0.4) is 0 Å². The lowest BCUT2D eigenvalue weighted by Crippen LogP contribution is -2.57. The Kier molecular flexibility index (Phi) is 6.77. The first kappa shape index (κ1) is 21.1. The third-order valence-corrected chi connectivity index (χ3v) is 5.38. The highest BCUT2D eigenvalue weighted by Crippen LogP contribution is 2.33. The minimum atomic E-state index is -1.38. The van der Waals surface area contributed by atoms with Crippen LogP contribution in [0.5, 0.6) is 11.5 Å². The summed E-state index contributed by atoms with van der Waals surface area (Å²) in [4.78, 5) is 16.9. The number of likely N-dealkylation sites (tertiary alicyclic amines) is 1. The van der Waals surface area contributed by atoms with Crippen molar-refractivity contribution in [3.8, 4) is 11.5 Å². The molecular weight excluding hydrogens is 368 g/mol. The van der Waals surface area contributed by atoms with Crippen LogP contribution < -0.4 is 9.47 Å². The second-order valence-electron chi connectivity index (χ2n) is 7.67. The van der Waals surface area contributed by atoms with E-state index in [0.717, 1.165) is 17.5 Å². The molecule has 6 nitrogen and oxygen atoms in total. The van der Waals surface area contributed by atoms with Gasteiger partial charge in [0.2, 0.25) is 0 Å². The quantitative estimate of drug-likeness (QED) is 0.741. The average Bonchev–Trinajstić information content (AvgIpc) is 2.72.